The monoisotopic (exact) mass is 980 g/mol. The largest absolute Gasteiger partial charge is 0.454 e. The zero-order valence-electron chi connectivity index (χ0n) is 42.0. The molecule has 1 aromatic heterocycles. The molecule has 3 heteroatoms. The van der Waals surface area contributed by atoms with Crippen molar-refractivity contribution in [2.75, 3.05) is 9.80 Å². The third-order valence-electron chi connectivity index (χ3n) is 15.6. The Kier molecular flexibility index (Phi) is 10.5. The predicted octanol–water partition coefficient (Wildman–Crippen LogP) is 21.3. The average Bonchev–Trinajstić information content (AvgIpc) is 4.09. The van der Waals surface area contributed by atoms with Crippen LogP contribution in [0.2, 0.25) is 0 Å². The summed E-state index contributed by atoms with van der Waals surface area (Å²) in [5, 5.41) is 13.8. The highest BCUT2D eigenvalue weighted by Gasteiger charge is 2.28. The SMILES string of the molecule is c1ccc(-c2ccc(N(c3ccccc3)c3ccc(-c4c5ccccc5c(N(c5ccc(-c6ccccc6)cc5)c5cc6ccccc6c6c5oc5ccc7ccccc7c56)c5ccccc45)c4ccccc34)cc2)cc1. The van der Waals surface area contributed by atoms with Crippen LogP contribution in [0.4, 0.5) is 34.1 Å². The van der Waals surface area contributed by atoms with Gasteiger partial charge >= 0.3 is 0 Å². The van der Waals surface area contributed by atoms with Crippen LogP contribution in [0.5, 0.6) is 0 Å². The molecular formula is C74H48N2O. The van der Waals surface area contributed by atoms with E-state index in [4.69, 9.17) is 4.42 Å². The average molecular weight is 981 g/mol. The predicted molar refractivity (Wildman–Crippen MR) is 327 cm³/mol. The number of anilines is 6. The van der Waals surface area contributed by atoms with Crippen molar-refractivity contribution in [2.45, 2.75) is 0 Å². The van der Waals surface area contributed by atoms with Gasteiger partial charge in [-0.2, -0.15) is 0 Å². The summed E-state index contributed by atoms with van der Waals surface area (Å²) < 4.78 is 7.26. The maximum Gasteiger partial charge on any atom is 0.160 e. The smallest absolute Gasteiger partial charge is 0.160 e. The van der Waals surface area contributed by atoms with Gasteiger partial charge in [-0.3, -0.25) is 0 Å². The van der Waals surface area contributed by atoms with E-state index in [1.807, 2.05) is 0 Å². The van der Waals surface area contributed by atoms with Gasteiger partial charge in [0.15, 0.2) is 5.58 Å². The third-order valence-corrected chi connectivity index (χ3v) is 15.6. The Balaban J connectivity index is 0.989. The fraction of sp³-hybridized carbons (Fsp3) is 0. The molecule has 15 rings (SSSR count). The summed E-state index contributed by atoms with van der Waals surface area (Å²) >= 11 is 0. The molecule has 0 bridgehead atoms. The van der Waals surface area contributed by atoms with Crippen molar-refractivity contribution in [2.24, 2.45) is 0 Å². The minimum absolute atomic E-state index is 0.846. The molecule has 360 valence electrons. The molecule has 0 saturated heterocycles. The first kappa shape index (κ1) is 44.3. The van der Waals surface area contributed by atoms with Gasteiger partial charge in [0, 0.05) is 44.0 Å². The van der Waals surface area contributed by atoms with Crippen molar-refractivity contribution in [1.82, 2.24) is 0 Å². The molecule has 0 unspecified atom stereocenters. The summed E-state index contributed by atoms with van der Waals surface area (Å²) in [5.74, 6) is 0. The molecule has 0 saturated carbocycles. The fourth-order valence-electron chi connectivity index (χ4n) is 12.1. The first-order valence-electron chi connectivity index (χ1n) is 26.4. The van der Waals surface area contributed by atoms with Crippen LogP contribution < -0.4 is 9.80 Å². The standard InChI is InChI=1S/C74H48N2O/c1-4-20-49(21-5-1)51-36-41-56(42-37-51)75(55-26-8-3-9-27-55)67-46-45-64(60-30-14-15-31-61(60)67)70-62-32-16-18-34-65(62)73(66-35-19-17-33-63(66)70)76(57-43-38-52(39-44-57)50-22-6-2-7-23-50)68-48-54-25-11-13-29-59(54)72-71-58-28-12-10-24-53(58)40-47-69(71)77-74(68)72/h1-48H. The zero-order chi connectivity index (χ0) is 50.8. The topological polar surface area (TPSA) is 19.6 Å². The molecule has 15 aromatic rings. The minimum atomic E-state index is 0.846. The number of benzene rings is 14. The number of hydrogen-bond donors (Lipinski definition) is 0. The van der Waals surface area contributed by atoms with Gasteiger partial charge in [-0.1, -0.05) is 237 Å². The quantitative estimate of drug-likeness (QED) is 0.134. The van der Waals surface area contributed by atoms with Gasteiger partial charge in [-0.05, 0) is 126 Å². The van der Waals surface area contributed by atoms with Gasteiger partial charge in [-0.15, -0.1) is 0 Å². The normalized spacial score (nSPS) is 11.6. The van der Waals surface area contributed by atoms with E-state index in [9.17, 15) is 0 Å². The summed E-state index contributed by atoms with van der Waals surface area (Å²) in [6, 6.07) is 106. The Labute approximate surface area is 446 Å². The maximum atomic E-state index is 7.26. The van der Waals surface area contributed by atoms with E-state index >= 15 is 0 Å². The van der Waals surface area contributed by atoms with Gasteiger partial charge in [0.25, 0.3) is 0 Å². The van der Waals surface area contributed by atoms with Crippen LogP contribution in [0, 0.1) is 0 Å². The van der Waals surface area contributed by atoms with Crippen LogP contribution in [0.1, 0.15) is 0 Å². The molecular weight excluding hydrogens is 933 g/mol. The van der Waals surface area contributed by atoms with Crippen LogP contribution in [-0.4, -0.2) is 0 Å². The van der Waals surface area contributed by atoms with Gasteiger partial charge < -0.3 is 14.2 Å². The molecule has 0 aliphatic carbocycles. The highest BCUT2D eigenvalue weighted by atomic mass is 16.3. The van der Waals surface area contributed by atoms with E-state index in [2.05, 4.69) is 301 Å². The van der Waals surface area contributed by atoms with Crippen LogP contribution in [0.3, 0.4) is 0 Å². The number of nitrogens with zero attached hydrogens (tertiary/aromatic N) is 2. The maximum absolute atomic E-state index is 7.26. The molecule has 0 N–H and O–H groups in total. The van der Waals surface area contributed by atoms with Crippen molar-refractivity contribution in [3.8, 4) is 33.4 Å². The molecule has 77 heavy (non-hydrogen) atoms. The van der Waals surface area contributed by atoms with E-state index in [1.54, 1.807) is 0 Å². The first-order valence-corrected chi connectivity index (χ1v) is 26.4. The van der Waals surface area contributed by atoms with Crippen molar-refractivity contribution in [1.29, 1.82) is 0 Å². The Morgan fingerprint density at radius 2 is 0.701 bits per heavy atom. The molecule has 1 heterocycles. The van der Waals surface area contributed by atoms with Crippen molar-refractivity contribution in [3.05, 3.63) is 291 Å². The summed E-state index contributed by atoms with van der Waals surface area (Å²) in [7, 11) is 0. The molecule has 0 aliphatic heterocycles. The van der Waals surface area contributed by atoms with Crippen molar-refractivity contribution in [3.63, 3.8) is 0 Å². The number of furan rings is 1. The Bertz CT molecular complexity index is 4660. The number of hydrogen-bond acceptors (Lipinski definition) is 3. The molecule has 0 atom stereocenters. The molecule has 0 spiro atoms. The molecule has 3 nitrogen and oxygen atoms in total. The summed E-state index contributed by atoms with van der Waals surface area (Å²) in [4.78, 5) is 4.87. The minimum Gasteiger partial charge on any atom is -0.454 e. The Morgan fingerprint density at radius 1 is 0.260 bits per heavy atom. The van der Waals surface area contributed by atoms with Crippen LogP contribution in [0.25, 0.3) is 109 Å². The van der Waals surface area contributed by atoms with Gasteiger partial charge in [0.2, 0.25) is 0 Å². The second-order valence-corrected chi connectivity index (χ2v) is 19.9. The van der Waals surface area contributed by atoms with E-state index in [-0.39, 0.29) is 0 Å². The molecule has 0 amide bonds. The van der Waals surface area contributed by atoms with Crippen LogP contribution in [-0.2, 0) is 0 Å². The van der Waals surface area contributed by atoms with Gasteiger partial charge in [-0.25, -0.2) is 0 Å². The molecule has 0 fully saturated rings. The fourth-order valence-corrected chi connectivity index (χ4v) is 12.1. The van der Waals surface area contributed by atoms with Crippen molar-refractivity contribution >= 4 is 110 Å². The number of rotatable bonds is 9. The lowest BCUT2D eigenvalue weighted by Crippen LogP contribution is -2.12. The summed E-state index contributed by atoms with van der Waals surface area (Å²) in [6.07, 6.45) is 0. The second kappa shape index (κ2) is 18.3. The lowest BCUT2D eigenvalue weighted by Gasteiger charge is -2.30. The molecule has 0 aliphatic rings. The zero-order valence-corrected chi connectivity index (χ0v) is 42.0. The van der Waals surface area contributed by atoms with E-state index in [0.717, 1.165) is 99.3 Å². The summed E-state index contributed by atoms with van der Waals surface area (Å²) in [6.45, 7) is 0. The van der Waals surface area contributed by atoms with Crippen molar-refractivity contribution < 1.29 is 4.42 Å². The van der Waals surface area contributed by atoms with Gasteiger partial charge in [0.05, 0.1) is 17.1 Å². The lowest BCUT2D eigenvalue weighted by molar-refractivity contribution is 0.669. The molecule has 0 radical (unpaired) electrons. The Morgan fingerprint density at radius 3 is 1.30 bits per heavy atom. The number of fused-ring (bicyclic) bond motifs is 10. The van der Waals surface area contributed by atoms with E-state index < -0.39 is 0 Å². The van der Waals surface area contributed by atoms with E-state index in [1.165, 1.54) is 44.0 Å². The third kappa shape index (κ3) is 7.35. The van der Waals surface area contributed by atoms with Crippen LogP contribution in [0.15, 0.2) is 296 Å². The van der Waals surface area contributed by atoms with Gasteiger partial charge in [0.1, 0.15) is 5.58 Å². The number of para-hydroxylation sites is 1. The summed E-state index contributed by atoms with van der Waals surface area (Å²) in [5.41, 5.74) is 15.2. The van der Waals surface area contributed by atoms with Crippen LogP contribution >= 0.6 is 0 Å². The second-order valence-electron chi connectivity index (χ2n) is 19.9. The molecule has 14 aromatic carbocycles. The highest BCUT2D eigenvalue weighted by molar-refractivity contribution is 6.31. The first-order chi connectivity index (χ1) is 38.2. The van der Waals surface area contributed by atoms with E-state index in [0.29, 0.717) is 0 Å². The lowest BCUT2D eigenvalue weighted by atomic mass is 9.87. The Hall–Kier alpha value is -10.2. The highest BCUT2D eigenvalue weighted by Crippen LogP contribution is 2.53.